The summed E-state index contributed by atoms with van der Waals surface area (Å²) in [5, 5.41) is 23.8. The van der Waals surface area contributed by atoms with E-state index in [1.54, 1.807) is 0 Å². The van der Waals surface area contributed by atoms with Crippen molar-refractivity contribution >= 4 is 17.9 Å². The van der Waals surface area contributed by atoms with Crippen LogP contribution < -0.4 is 0 Å². The van der Waals surface area contributed by atoms with Gasteiger partial charge in [-0.05, 0) is 64.4 Å². The zero-order valence-corrected chi connectivity index (χ0v) is 23.9. The van der Waals surface area contributed by atoms with E-state index in [1.165, 1.54) is 6.92 Å². The first kappa shape index (κ1) is 26.4. The molecule has 5 aliphatic carbocycles. The fourth-order valence-electron chi connectivity index (χ4n) is 10.9. The maximum atomic E-state index is 14.1. The number of rotatable bonds is 1. The van der Waals surface area contributed by atoms with Gasteiger partial charge < -0.3 is 24.4 Å². The molecule has 2 heterocycles. The minimum absolute atomic E-state index is 0.0175. The second-order valence-electron chi connectivity index (χ2n) is 14.2. The van der Waals surface area contributed by atoms with E-state index in [4.69, 9.17) is 14.2 Å². The summed E-state index contributed by atoms with van der Waals surface area (Å²) in [5.74, 6) is -2.09. The molecule has 2 saturated heterocycles. The molecule has 2 N–H and O–H groups in total. The minimum Gasteiger partial charge on any atom is -0.462 e. The van der Waals surface area contributed by atoms with E-state index in [0.717, 1.165) is 16.7 Å². The Morgan fingerprint density at radius 3 is 2.58 bits per heavy atom. The Labute approximate surface area is 234 Å². The molecule has 7 rings (SSSR count). The average molecular weight is 553 g/mol. The van der Waals surface area contributed by atoms with Crippen molar-refractivity contribution in [2.75, 3.05) is 0 Å². The van der Waals surface area contributed by atoms with Crippen LogP contribution in [0.1, 0.15) is 66.7 Å². The molecule has 0 aromatic carbocycles. The first-order chi connectivity index (χ1) is 18.7. The lowest BCUT2D eigenvalue weighted by molar-refractivity contribution is -0.150. The van der Waals surface area contributed by atoms with Gasteiger partial charge in [-0.3, -0.25) is 9.59 Å². The molecular formula is C32H40O8. The second-order valence-corrected chi connectivity index (χ2v) is 14.2. The Morgan fingerprint density at radius 1 is 1.15 bits per heavy atom. The van der Waals surface area contributed by atoms with Crippen LogP contribution in [0.4, 0.5) is 0 Å². The molecule has 13 atom stereocenters. The van der Waals surface area contributed by atoms with E-state index in [2.05, 4.69) is 13.5 Å². The van der Waals surface area contributed by atoms with Gasteiger partial charge in [0.15, 0.2) is 0 Å². The first-order valence-corrected chi connectivity index (χ1v) is 14.8. The topological polar surface area (TPSA) is 119 Å². The van der Waals surface area contributed by atoms with Gasteiger partial charge in [0.05, 0.1) is 17.1 Å². The molecule has 2 bridgehead atoms. The second kappa shape index (κ2) is 8.09. The summed E-state index contributed by atoms with van der Waals surface area (Å²) in [6.07, 6.45) is 2.69. The third-order valence-corrected chi connectivity index (χ3v) is 12.5. The summed E-state index contributed by atoms with van der Waals surface area (Å²) in [5.41, 5.74) is 1.06. The largest absolute Gasteiger partial charge is 0.462 e. The van der Waals surface area contributed by atoms with E-state index in [9.17, 15) is 24.6 Å². The van der Waals surface area contributed by atoms with Crippen molar-refractivity contribution in [3.8, 4) is 0 Å². The van der Waals surface area contributed by atoms with Crippen LogP contribution in [-0.2, 0) is 28.6 Å². The van der Waals surface area contributed by atoms with Crippen molar-refractivity contribution in [2.45, 2.75) is 96.7 Å². The molecular weight excluding hydrogens is 512 g/mol. The lowest BCUT2D eigenvalue weighted by Crippen LogP contribution is -2.45. The number of hydrogen-bond acceptors (Lipinski definition) is 8. The van der Waals surface area contributed by atoms with Gasteiger partial charge in [-0.2, -0.15) is 0 Å². The summed E-state index contributed by atoms with van der Waals surface area (Å²) in [7, 11) is 0. The predicted octanol–water partition coefficient (Wildman–Crippen LogP) is 3.41. The highest BCUT2D eigenvalue weighted by atomic mass is 16.6. The minimum atomic E-state index is -1.08. The van der Waals surface area contributed by atoms with Crippen molar-refractivity contribution < 1.29 is 38.8 Å². The van der Waals surface area contributed by atoms with E-state index in [-0.39, 0.29) is 53.6 Å². The van der Waals surface area contributed by atoms with Crippen molar-refractivity contribution in [3.63, 3.8) is 0 Å². The van der Waals surface area contributed by atoms with Gasteiger partial charge in [0.1, 0.15) is 18.3 Å². The molecule has 0 radical (unpaired) electrons. The van der Waals surface area contributed by atoms with Crippen molar-refractivity contribution in [2.24, 2.45) is 46.3 Å². The molecule has 2 aliphatic heterocycles. The fourth-order valence-corrected chi connectivity index (χ4v) is 10.9. The fraction of sp³-hybridized carbons (Fsp3) is 0.719. The quantitative estimate of drug-likeness (QED) is 0.220. The Balaban J connectivity index is 1.32. The summed E-state index contributed by atoms with van der Waals surface area (Å²) in [6.45, 7) is 13.4. The SMILES string of the molecule is C=C1C(=O)O[C@H]2C[C@H](C)[C@@]34C[C@@]5(C(=O)O[C@H]6C=C(C)[C@H]7[C@@H](OC(C)=O)C[C@@](C)(O)[C@@H]7C[C@@H]65)[C@@H](C(C)=C3C[C@H]12)[C@@H]4O. The van der Waals surface area contributed by atoms with Gasteiger partial charge in [-0.25, -0.2) is 4.79 Å². The number of hydrogen-bond donors (Lipinski definition) is 2. The zero-order chi connectivity index (χ0) is 28.7. The number of esters is 3. The van der Waals surface area contributed by atoms with Gasteiger partial charge in [0, 0.05) is 48.0 Å². The zero-order valence-electron chi connectivity index (χ0n) is 23.9. The lowest BCUT2D eigenvalue weighted by Gasteiger charge is -2.43. The molecule has 0 aromatic rings. The number of carbonyl (C=O) groups is 3. The Kier molecular flexibility index (Phi) is 5.35. The molecule has 5 fully saturated rings. The first-order valence-electron chi connectivity index (χ1n) is 14.8. The highest BCUT2D eigenvalue weighted by Gasteiger charge is 2.77. The molecule has 0 unspecified atom stereocenters. The molecule has 0 aromatic heterocycles. The van der Waals surface area contributed by atoms with Crippen LogP contribution in [0, 0.1) is 46.3 Å². The Hall–Kier alpha value is -2.45. The van der Waals surface area contributed by atoms with E-state index in [1.807, 2.05) is 26.8 Å². The summed E-state index contributed by atoms with van der Waals surface area (Å²) in [4.78, 5) is 38.3. The normalized spacial score (nSPS) is 52.4. The molecule has 40 heavy (non-hydrogen) atoms. The number of ether oxygens (including phenoxy) is 3. The molecule has 2 spiro atoms. The van der Waals surface area contributed by atoms with Crippen molar-refractivity contribution in [1.82, 2.24) is 0 Å². The van der Waals surface area contributed by atoms with Crippen LogP contribution >= 0.6 is 0 Å². The lowest BCUT2D eigenvalue weighted by atomic mass is 9.57. The number of carbonyl (C=O) groups excluding carboxylic acids is 3. The van der Waals surface area contributed by atoms with Crippen LogP contribution in [0.3, 0.4) is 0 Å². The van der Waals surface area contributed by atoms with Gasteiger partial charge >= 0.3 is 17.9 Å². The molecule has 0 amide bonds. The maximum Gasteiger partial charge on any atom is 0.334 e. The van der Waals surface area contributed by atoms with Crippen LogP contribution in [0.2, 0.25) is 0 Å². The third-order valence-electron chi connectivity index (χ3n) is 12.5. The highest BCUT2D eigenvalue weighted by molar-refractivity contribution is 5.91. The van der Waals surface area contributed by atoms with Crippen LogP contribution in [0.5, 0.6) is 0 Å². The number of aliphatic hydroxyl groups is 2. The highest BCUT2D eigenvalue weighted by Crippen LogP contribution is 2.75. The van der Waals surface area contributed by atoms with Gasteiger partial charge in [0.25, 0.3) is 0 Å². The Morgan fingerprint density at radius 2 is 1.88 bits per heavy atom. The summed E-state index contributed by atoms with van der Waals surface area (Å²) < 4.78 is 17.6. The van der Waals surface area contributed by atoms with Crippen molar-refractivity contribution in [3.05, 3.63) is 34.9 Å². The molecule has 8 nitrogen and oxygen atoms in total. The number of fused-ring (bicyclic) bond motifs is 6. The standard InChI is InChI=1S/C32H40O8/c1-13-7-23-20(10-21-25(13)24(38-17(5)33)11-30(21,6)37)32(29(36)40-23)12-31-14(2)8-22-18(15(3)28(35)39-22)9-19(31)16(4)26(32)27(31)34/h7,14,18,20-27,34,37H,3,8-12H2,1-2,4-6H3/t14-,18+,20-,21+,22-,23-,24-,25+,26-,27-,30+,31-,32-/m0/s1. The molecule has 8 heteroatoms. The molecule has 7 aliphatic rings. The van der Waals surface area contributed by atoms with Gasteiger partial charge in [-0.15, -0.1) is 0 Å². The third kappa shape index (κ3) is 3.02. The van der Waals surface area contributed by atoms with Crippen LogP contribution in [0.15, 0.2) is 34.9 Å². The van der Waals surface area contributed by atoms with E-state index < -0.39 is 40.7 Å². The smallest absolute Gasteiger partial charge is 0.334 e. The van der Waals surface area contributed by atoms with Gasteiger partial charge in [0.2, 0.25) is 0 Å². The monoisotopic (exact) mass is 552 g/mol. The van der Waals surface area contributed by atoms with Gasteiger partial charge in [-0.1, -0.05) is 30.2 Å². The summed E-state index contributed by atoms with van der Waals surface area (Å²) >= 11 is 0. The van der Waals surface area contributed by atoms with Crippen molar-refractivity contribution in [1.29, 1.82) is 0 Å². The van der Waals surface area contributed by atoms with Crippen LogP contribution in [0.25, 0.3) is 0 Å². The van der Waals surface area contributed by atoms with E-state index >= 15 is 0 Å². The predicted molar refractivity (Wildman–Crippen MR) is 142 cm³/mol. The molecule has 216 valence electrons. The average Bonchev–Trinajstić information content (AvgIpc) is 3.44. The van der Waals surface area contributed by atoms with Crippen LogP contribution in [-0.4, -0.2) is 58.1 Å². The number of aliphatic hydroxyl groups excluding tert-OH is 1. The molecule has 3 saturated carbocycles. The maximum absolute atomic E-state index is 14.1. The summed E-state index contributed by atoms with van der Waals surface area (Å²) in [6, 6.07) is 0. The van der Waals surface area contributed by atoms with E-state index in [0.29, 0.717) is 37.7 Å². The Bertz CT molecular complexity index is 1310.